The van der Waals surface area contributed by atoms with Gasteiger partial charge >= 0.3 is 5.97 Å². The summed E-state index contributed by atoms with van der Waals surface area (Å²) in [6, 6.07) is 0. The zero-order valence-electron chi connectivity index (χ0n) is 12.9. The summed E-state index contributed by atoms with van der Waals surface area (Å²) in [5.41, 5.74) is 0.550. The second kappa shape index (κ2) is 7.26. The fraction of sp³-hybridized carbons (Fsp3) is 0.824. The van der Waals surface area contributed by atoms with Gasteiger partial charge in [0, 0.05) is 12.0 Å². The van der Waals surface area contributed by atoms with E-state index >= 15 is 0 Å². The highest BCUT2D eigenvalue weighted by molar-refractivity contribution is 5.87. The predicted octanol–water partition coefficient (Wildman–Crippen LogP) is 4.07. The molecule has 4 atom stereocenters. The highest BCUT2D eigenvalue weighted by Gasteiger charge is 2.39. The zero-order valence-corrected chi connectivity index (χ0v) is 12.9. The van der Waals surface area contributed by atoms with Crippen LogP contribution in [-0.4, -0.2) is 18.9 Å². The van der Waals surface area contributed by atoms with Gasteiger partial charge in [0.1, 0.15) is 0 Å². The molecule has 2 fully saturated rings. The van der Waals surface area contributed by atoms with Crippen molar-refractivity contribution in [3.05, 3.63) is 12.2 Å². The number of carbonyl (C=O) groups excluding carboxylic acids is 1. The Balaban J connectivity index is 1.72. The van der Waals surface area contributed by atoms with Crippen molar-refractivity contribution in [2.75, 3.05) is 6.61 Å². The molecule has 2 saturated carbocycles. The first-order chi connectivity index (χ1) is 9.63. The molecule has 2 rings (SSSR count). The molecule has 2 aliphatic rings. The number of fused-ring (bicyclic) bond motifs is 2. The van der Waals surface area contributed by atoms with Crippen LogP contribution in [0.5, 0.6) is 0 Å². The molecule has 0 heterocycles. The average molecular weight is 280 g/mol. The molecule has 0 saturated heterocycles. The van der Waals surface area contributed by atoms with E-state index in [1.165, 1.54) is 25.7 Å². The first-order valence-corrected chi connectivity index (χ1v) is 8.14. The molecule has 0 aromatic heterocycles. The van der Waals surface area contributed by atoms with Gasteiger partial charge in [-0.1, -0.05) is 33.3 Å². The van der Waals surface area contributed by atoms with E-state index in [1.54, 1.807) is 0 Å². The molecule has 114 valence electrons. The summed E-state index contributed by atoms with van der Waals surface area (Å²) >= 11 is 0. The summed E-state index contributed by atoms with van der Waals surface area (Å²) in [6.45, 7) is 8.53. The smallest absolute Gasteiger partial charge is 0.335 e. The molecule has 2 aliphatic carbocycles. The SMILES string of the molecule is C=C(CCC)C(=O)OC(CC)OCC1CC2CCC1C2. The van der Waals surface area contributed by atoms with Crippen molar-refractivity contribution in [2.24, 2.45) is 17.8 Å². The first kappa shape index (κ1) is 15.6. The summed E-state index contributed by atoms with van der Waals surface area (Å²) in [4.78, 5) is 11.8. The number of hydrogen-bond donors (Lipinski definition) is 0. The van der Waals surface area contributed by atoms with E-state index < -0.39 is 6.29 Å². The van der Waals surface area contributed by atoms with Gasteiger partial charge in [-0.15, -0.1) is 0 Å². The largest absolute Gasteiger partial charge is 0.432 e. The van der Waals surface area contributed by atoms with Crippen molar-refractivity contribution in [1.82, 2.24) is 0 Å². The molecular weight excluding hydrogens is 252 g/mol. The van der Waals surface area contributed by atoms with Gasteiger partial charge in [0.05, 0.1) is 6.61 Å². The monoisotopic (exact) mass is 280 g/mol. The normalized spacial score (nSPS) is 29.4. The maximum atomic E-state index is 11.8. The highest BCUT2D eigenvalue weighted by Crippen LogP contribution is 2.48. The van der Waals surface area contributed by atoms with Crippen molar-refractivity contribution < 1.29 is 14.3 Å². The molecule has 0 N–H and O–H groups in total. The third-order valence-corrected chi connectivity index (χ3v) is 4.79. The molecule has 0 spiro atoms. The standard InChI is InChI=1S/C17H28O3/c1-4-6-12(3)17(18)20-16(5-2)19-11-15-10-13-7-8-14(15)9-13/h13-16H,3-11H2,1-2H3. The molecule has 3 heteroatoms. The van der Waals surface area contributed by atoms with Gasteiger partial charge in [-0.25, -0.2) is 4.79 Å². The van der Waals surface area contributed by atoms with Crippen LogP contribution in [-0.2, 0) is 14.3 Å². The number of rotatable bonds is 8. The van der Waals surface area contributed by atoms with E-state index in [0.717, 1.165) is 24.9 Å². The molecule has 0 amide bonds. The van der Waals surface area contributed by atoms with E-state index in [9.17, 15) is 4.79 Å². The fourth-order valence-electron chi connectivity index (χ4n) is 3.65. The summed E-state index contributed by atoms with van der Waals surface area (Å²) < 4.78 is 11.2. The molecule has 0 aliphatic heterocycles. The highest BCUT2D eigenvalue weighted by atomic mass is 16.7. The number of carbonyl (C=O) groups is 1. The van der Waals surface area contributed by atoms with E-state index in [4.69, 9.17) is 9.47 Å². The van der Waals surface area contributed by atoms with E-state index in [1.807, 2.05) is 13.8 Å². The average Bonchev–Trinajstić information content (AvgIpc) is 3.05. The molecular formula is C17H28O3. The fourth-order valence-corrected chi connectivity index (χ4v) is 3.65. The van der Waals surface area contributed by atoms with Crippen molar-refractivity contribution in [1.29, 1.82) is 0 Å². The van der Waals surface area contributed by atoms with Crippen LogP contribution in [0.4, 0.5) is 0 Å². The second-order valence-corrected chi connectivity index (χ2v) is 6.36. The lowest BCUT2D eigenvalue weighted by Crippen LogP contribution is -2.26. The van der Waals surface area contributed by atoms with Gasteiger partial charge in [-0.3, -0.25) is 0 Å². The Kier molecular flexibility index (Phi) is 5.64. The Bertz CT molecular complexity index is 350. The van der Waals surface area contributed by atoms with Crippen molar-refractivity contribution in [3.63, 3.8) is 0 Å². The lowest BCUT2D eigenvalue weighted by atomic mass is 9.89. The van der Waals surface area contributed by atoms with Gasteiger partial charge < -0.3 is 9.47 Å². The van der Waals surface area contributed by atoms with E-state index in [-0.39, 0.29) is 5.97 Å². The minimum Gasteiger partial charge on any atom is -0.432 e. The van der Waals surface area contributed by atoms with E-state index in [2.05, 4.69) is 6.58 Å². The summed E-state index contributed by atoms with van der Waals surface area (Å²) in [5.74, 6) is 2.16. The molecule has 0 radical (unpaired) electrons. The Morgan fingerprint density at radius 1 is 1.30 bits per heavy atom. The van der Waals surface area contributed by atoms with Crippen LogP contribution in [0.3, 0.4) is 0 Å². The molecule has 4 unspecified atom stereocenters. The Morgan fingerprint density at radius 2 is 2.10 bits per heavy atom. The third kappa shape index (κ3) is 3.85. The lowest BCUT2D eigenvalue weighted by molar-refractivity contribution is -0.178. The molecule has 3 nitrogen and oxygen atoms in total. The zero-order chi connectivity index (χ0) is 14.5. The molecule has 20 heavy (non-hydrogen) atoms. The number of hydrogen-bond acceptors (Lipinski definition) is 3. The van der Waals surface area contributed by atoms with Crippen LogP contribution < -0.4 is 0 Å². The van der Waals surface area contributed by atoms with Crippen molar-refractivity contribution in [3.8, 4) is 0 Å². The minimum absolute atomic E-state index is 0.299. The summed E-state index contributed by atoms with van der Waals surface area (Å²) in [5, 5.41) is 0. The van der Waals surface area contributed by atoms with Crippen molar-refractivity contribution >= 4 is 5.97 Å². The molecule has 0 aromatic rings. The third-order valence-electron chi connectivity index (χ3n) is 4.79. The Labute approximate surface area is 122 Å². The van der Waals surface area contributed by atoms with E-state index in [0.29, 0.717) is 24.3 Å². The Hall–Kier alpha value is -0.830. The van der Waals surface area contributed by atoms with Crippen LogP contribution in [0.2, 0.25) is 0 Å². The van der Waals surface area contributed by atoms with Crippen molar-refractivity contribution in [2.45, 2.75) is 65.1 Å². The van der Waals surface area contributed by atoms with Gasteiger partial charge in [-0.05, 0) is 43.4 Å². The maximum Gasteiger partial charge on any atom is 0.335 e. The van der Waals surface area contributed by atoms with Gasteiger partial charge in [-0.2, -0.15) is 0 Å². The Morgan fingerprint density at radius 3 is 2.65 bits per heavy atom. The van der Waals surface area contributed by atoms with Gasteiger partial charge in [0.15, 0.2) is 0 Å². The van der Waals surface area contributed by atoms with Crippen LogP contribution in [0.25, 0.3) is 0 Å². The topological polar surface area (TPSA) is 35.5 Å². The predicted molar refractivity (Wildman–Crippen MR) is 79.1 cm³/mol. The van der Waals surface area contributed by atoms with Crippen LogP contribution >= 0.6 is 0 Å². The number of ether oxygens (including phenoxy) is 2. The minimum atomic E-state index is -0.407. The second-order valence-electron chi connectivity index (χ2n) is 6.36. The summed E-state index contributed by atoms with van der Waals surface area (Å²) in [7, 11) is 0. The van der Waals surface area contributed by atoms with Crippen LogP contribution in [0, 0.1) is 17.8 Å². The van der Waals surface area contributed by atoms with Gasteiger partial charge in [0.25, 0.3) is 0 Å². The van der Waals surface area contributed by atoms with Crippen LogP contribution in [0.15, 0.2) is 12.2 Å². The van der Waals surface area contributed by atoms with Gasteiger partial charge in [0.2, 0.25) is 6.29 Å². The first-order valence-electron chi connectivity index (χ1n) is 8.14. The maximum absolute atomic E-state index is 11.8. The number of esters is 1. The summed E-state index contributed by atoms with van der Waals surface area (Å²) in [6.07, 6.45) is 7.36. The quantitative estimate of drug-likeness (QED) is 0.382. The lowest BCUT2D eigenvalue weighted by Gasteiger charge is -2.24. The van der Waals surface area contributed by atoms with Crippen LogP contribution in [0.1, 0.15) is 58.8 Å². The molecule has 2 bridgehead atoms. The molecule has 0 aromatic carbocycles.